The van der Waals surface area contributed by atoms with E-state index in [9.17, 15) is 27.4 Å². The molecule has 2 aliphatic rings. The van der Waals surface area contributed by atoms with Crippen LogP contribution in [0.25, 0.3) is 0 Å². The number of aromatic carboxylic acids is 2. The fourth-order valence-corrected chi connectivity index (χ4v) is 5.67. The predicted octanol–water partition coefficient (Wildman–Crippen LogP) is 2.94. The van der Waals surface area contributed by atoms with E-state index in [-0.39, 0.29) is 17.7 Å². The van der Waals surface area contributed by atoms with Crippen LogP contribution in [-0.2, 0) is 19.6 Å². The van der Waals surface area contributed by atoms with Gasteiger partial charge in [0.05, 0.1) is 24.3 Å². The van der Waals surface area contributed by atoms with Crippen LogP contribution in [0.15, 0.2) is 72.8 Å². The summed E-state index contributed by atoms with van der Waals surface area (Å²) in [6, 6.07) is 19.8. The first-order chi connectivity index (χ1) is 19.5. The number of rotatable bonds is 6. The Kier molecular flexibility index (Phi) is 8.91. The molecule has 3 N–H and O–H groups in total. The highest BCUT2D eigenvalue weighted by molar-refractivity contribution is 7.86. The van der Waals surface area contributed by atoms with Crippen molar-refractivity contribution in [3.63, 3.8) is 0 Å². The number of carboxylic acid groups (broad SMARTS) is 2. The van der Waals surface area contributed by atoms with Crippen molar-refractivity contribution in [3.05, 3.63) is 89.5 Å². The number of benzene rings is 3. The van der Waals surface area contributed by atoms with Gasteiger partial charge in [-0.25, -0.2) is 9.59 Å². The van der Waals surface area contributed by atoms with Crippen LogP contribution in [0.5, 0.6) is 0 Å². The molecule has 3 aromatic rings. The Balaban J connectivity index is 0.000000251. The van der Waals surface area contributed by atoms with E-state index in [4.69, 9.17) is 14.9 Å². The van der Waals surface area contributed by atoms with Gasteiger partial charge >= 0.3 is 22.1 Å². The zero-order chi connectivity index (χ0) is 29.7. The zero-order valence-corrected chi connectivity index (χ0v) is 22.9. The molecule has 2 aliphatic heterocycles. The van der Waals surface area contributed by atoms with E-state index in [0.29, 0.717) is 30.2 Å². The molecule has 5 rings (SSSR count). The Labute approximate surface area is 236 Å². The van der Waals surface area contributed by atoms with Gasteiger partial charge in [0, 0.05) is 30.2 Å². The van der Waals surface area contributed by atoms with Crippen LogP contribution in [0.1, 0.15) is 26.3 Å². The number of carbonyl (C=O) groups excluding carboxylic acids is 1. The minimum atomic E-state index is -4.56. The Hall–Kier alpha value is -4.46. The number of para-hydroxylation sites is 1. The maximum Gasteiger partial charge on any atom is 0.335 e. The summed E-state index contributed by atoms with van der Waals surface area (Å²) < 4.78 is 39.5. The number of morpholine rings is 1. The number of carboxylic acids is 2. The number of aryl methyl sites for hydroxylation is 1. The summed E-state index contributed by atoms with van der Waals surface area (Å²) in [5, 5.41) is 17.2. The minimum absolute atomic E-state index is 0.00241. The second-order valence-corrected chi connectivity index (χ2v) is 10.8. The van der Waals surface area contributed by atoms with E-state index >= 15 is 0 Å². The largest absolute Gasteiger partial charge is 0.478 e. The number of hydrogen-bond acceptors (Lipinski definition) is 8. The SMILES string of the molecule is Cc1cc(C(=O)O)cc(C(=O)O)c1.O=C1CN(c2ccc(N3CCOCC3)cc2)C(S(=O)(=O)O)N1c1ccccc1. The Morgan fingerprint density at radius 3 is 1.88 bits per heavy atom. The molecule has 0 aliphatic carbocycles. The minimum Gasteiger partial charge on any atom is -0.478 e. The molecule has 2 fully saturated rings. The van der Waals surface area contributed by atoms with Crippen LogP contribution < -0.4 is 14.7 Å². The first kappa shape index (κ1) is 29.5. The van der Waals surface area contributed by atoms with Crippen molar-refractivity contribution in [1.29, 1.82) is 0 Å². The number of nitrogens with zero attached hydrogens (tertiary/aromatic N) is 3. The summed E-state index contributed by atoms with van der Waals surface area (Å²) in [6.45, 7) is 4.42. The van der Waals surface area contributed by atoms with Gasteiger partial charge in [0.2, 0.25) is 11.4 Å². The lowest BCUT2D eigenvalue weighted by atomic mass is 10.1. The van der Waals surface area contributed by atoms with Crippen molar-refractivity contribution in [2.45, 2.75) is 12.4 Å². The molecule has 41 heavy (non-hydrogen) atoms. The summed E-state index contributed by atoms with van der Waals surface area (Å²) in [4.78, 5) is 38.4. The fraction of sp³-hybridized carbons (Fsp3) is 0.250. The lowest BCUT2D eigenvalue weighted by Gasteiger charge is -2.30. The lowest BCUT2D eigenvalue weighted by Crippen LogP contribution is -2.45. The van der Waals surface area contributed by atoms with Gasteiger partial charge in [0.15, 0.2) is 0 Å². The van der Waals surface area contributed by atoms with Gasteiger partial charge in [-0.15, -0.1) is 0 Å². The molecule has 1 amide bonds. The third kappa shape index (κ3) is 7.01. The molecular weight excluding hydrogens is 554 g/mol. The predicted molar refractivity (Wildman–Crippen MR) is 151 cm³/mol. The summed E-state index contributed by atoms with van der Waals surface area (Å²) in [7, 11) is -4.56. The van der Waals surface area contributed by atoms with Crippen molar-refractivity contribution in [3.8, 4) is 0 Å². The summed E-state index contributed by atoms with van der Waals surface area (Å²) in [5.74, 6) is -2.64. The summed E-state index contributed by atoms with van der Waals surface area (Å²) >= 11 is 0. The van der Waals surface area contributed by atoms with Crippen molar-refractivity contribution in [1.82, 2.24) is 0 Å². The van der Waals surface area contributed by atoms with Crippen LogP contribution in [0.2, 0.25) is 0 Å². The van der Waals surface area contributed by atoms with Gasteiger partial charge in [-0.2, -0.15) is 8.42 Å². The molecule has 0 radical (unpaired) electrons. The van der Waals surface area contributed by atoms with Gasteiger partial charge in [0.25, 0.3) is 0 Å². The van der Waals surface area contributed by atoms with Crippen LogP contribution in [0.4, 0.5) is 17.1 Å². The Bertz CT molecular complexity index is 1490. The molecule has 216 valence electrons. The highest BCUT2D eigenvalue weighted by atomic mass is 32.2. The standard InChI is InChI=1S/C19H21N3O5S.C9H8O4/c23-18-14-21(16-8-6-15(7-9-16)20-10-12-27-13-11-20)19(28(24,25)26)22(18)17-4-2-1-3-5-17;1-5-2-6(8(10)11)4-7(3-5)9(12)13/h1-9,19H,10-14H2,(H,24,25,26);2-4H,1H3,(H,10,11)(H,12,13). The summed E-state index contributed by atoms with van der Waals surface area (Å²) in [5.41, 5.74) is 1.08. The number of hydrogen-bond donors (Lipinski definition) is 3. The topological polar surface area (TPSA) is 165 Å². The van der Waals surface area contributed by atoms with Gasteiger partial charge in [-0.3, -0.25) is 14.2 Å². The number of ether oxygens (including phenoxy) is 1. The van der Waals surface area contributed by atoms with E-state index in [2.05, 4.69) is 4.90 Å². The van der Waals surface area contributed by atoms with Gasteiger partial charge < -0.3 is 24.7 Å². The Morgan fingerprint density at radius 1 is 0.829 bits per heavy atom. The van der Waals surface area contributed by atoms with Gasteiger partial charge in [-0.1, -0.05) is 18.2 Å². The molecule has 2 heterocycles. The molecule has 1 atom stereocenters. The molecule has 3 aromatic carbocycles. The number of amides is 1. The average Bonchev–Trinajstić information content (AvgIpc) is 3.32. The number of carbonyl (C=O) groups is 3. The molecule has 13 heteroatoms. The third-order valence-electron chi connectivity index (χ3n) is 6.49. The monoisotopic (exact) mass is 583 g/mol. The molecule has 0 saturated carbocycles. The normalized spacial score (nSPS) is 17.2. The van der Waals surface area contributed by atoms with E-state index < -0.39 is 33.5 Å². The smallest absolute Gasteiger partial charge is 0.335 e. The third-order valence-corrected chi connectivity index (χ3v) is 7.49. The van der Waals surface area contributed by atoms with E-state index in [1.165, 1.54) is 17.0 Å². The average molecular weight is 584 g/mol. The second-order valence-electron chi connectivity index (χ2n) is 9.38. The van der Waals surface area contributed by atoms with Crippen molar-refractivity contribution < 1.29 is 42.3 Å². The zero-order valence-electron chi connectivity index (χ0n) is 22.1. The number of anilines is 3. The molecule has 0 bridgehead atoms. The quantitative estimate of drug-likeness (QED) is 0.365. The van der Waals surface area contributed by atoms with E-state index in [1.54, 1.807) is 49.4 Å². The molecular formula is C28H29N3O9S. The van der Waals surface area contributed by atoms with Crippen molar-refractivity contribution >= 4 is 45.0 Å². The van der Waals surface area contributed by atoms with Crippen LogP contribution in [0, 0.1) is 6.92 Å². The van der Waals surface area contributed by atoms with Crippen molar-refractivity contribution in [2.75, 3.05) is 47.5 Å². The second kappa shape index (κ2) is 12.4. The molecule has 12 nitrogen and oxygen atoms in total. The Morgan fingerprint density at radius 2 is 1.37 bits per heavy atom. The highest BCUT2D eigenvalue weighted by Gasteiger charge is 2.46. The van der Waals surface area contributed by atoms with Crippen LogP contribution >= 0.6 is 0 Å². The maximum atomic E-state index is 12.6. The van der Waals surface area contributed by atoms with Gasteiger partial charge in [-0.05, 0) is 67.1 Å². The highest BCUT2D eigenvalue weighted by Crippen LogP contribution is 2.32. The fourth-order valence-electron chi connectivity index (χ4n) is 4.64. The maximum absolute atomic E-state index is 12.6. The molecule has 0 spiro atoms. The molecule has 0 aromatic heterocycles. The van der Waals surface area contributed by atoms with Gasteiger partial charge in [0.1, 0.15) is 6.54 Å². The first-order valence-electron chi connectivity index (χ1n) is 12.6. The molecule has 1 unspecified atom stereocenters. The molecule has 2 saturated heterocycles. The van der Waals surface area contributed by atoms with E-state index in [0.717, 1.165) is 29.7 Å². The summed E-state index contributed by atoms with van der Waals surface area (Å²) in [6.07, 6.45) is 0. The van der Waals surface area contributed by atoms with Crippen LogP contribution in [-0.4, -0.2) is 79.4 Å². The van der Waals surface area contributed by atoms with Crippen molar-refractivity contribution in [2.24, 2.45) is 0 Å². The van der Waals surface area contributed by atoms with Crippen LogP contribution in [0.3, 0.4) is 0 Å². The lowest BCUT2D eigenvalue weighted by molar-refractivity contribution is -0.116. The first-order valence-corrected chi connectivity index (χ1v) is 14.1. The van der Waals surface area contributed by atoms with E-state index in [1.807, 2.05) is 12.1 Å².